The van der Waals surface area contributed by atoms with Gasteiger partial charge < -0.3 is 15.0 Å². The largest absolute Gasteiger partial charge is 0.497 e. The molecule has 1 aromatic carbocycles. The van der Waals surface area contributed by atoms with Gasteiger partial charge in [-0.15, -0.1) is 0 Å². The van der Waals surface area contributed by atoms with Gasteiger partial charge in [-0.3, -0.25) is 14.5 Å². The van der Waals surface area contributed by atoms with Crippen molar-refractivity contribution in [3.63, 3.8) is 0 Å². The average molecular weight is 305 g/mol. The van der Waals surface area contributed by atoms with Crippen LogP contribution in [0.15, 0.2) is 24.3 Å². The smallest absolute Gasteiger partial charge is 0.325 e. The number of nitrogens with zero attached hydrogens (tertiary/aromatic N) is 2. The van der Waals surface area contributed by atoms with Crippen LogP contribution >= 0.6 is 0 Å². The molecule has 0 unspecified atom stereocenters. The van der Waals surface area contributed by atoms with Crippen molar-refractivity contribution in [1.29, 1.82) is 0 Å². The number of urea groups is 1. The molecule has 1 atom stereocenters. The lowest BCUT2D eigenvalue weighted by atomic mass is 9.92. The number of nitrogens with one attached hydrogen (secondary N) is 1. The van der Waals surface area contributed by atoms with Gasteiger partial charge in [0.25, 0.3) is 5.91 Å². The van der Waals surface area contributed by atoms with Crippen molar-refractivity contribution < 1.29 is 19.1 Å². The second kappa shape index (κ2) is 5.67. The van der Waals surface area contributed by atoms with Gasteiger partial charge in [0.2, 0.25) is 5.91 Å². The van der Waals surface area contributed by atoms with E-state index < -0.39 is 17.5 Å². The quantitative estimate of drug-likeness (QED) is 0.824. The molecule has 2 rings (SSSR count). The molecule has 7 nitrogen and oxygen atoms in total. The highest BCUT2D eigenvalue weighted by Crippen LogP contribution is 2.29. The third kappa shape index (κ3) is 2.61. The zero-order chi connectivity index (χ0) is 16.5. The standard InChI is InChI=1S/C15H19N3O4/c1-15(10-5-7-11(22-4)8-6-10)13(20)18(14(21)16-15)9-12(19)17(2)3/h5-8H,9H2,1-4H3,(H,16,21)/t15-/m1/s1. The SMILES string of the molecule is COc1ccc([C@@]2(C)NC(=O)N(CC(=O)N(C)C)C2=O)cc1. The lowest BCUT2D eigenvalue weighted by Crippen LogP contribution is -2.43. The maximum atomic E-state index is 12.6. The van der Waals surface area contributed by atoms with Crippen LogP contribution in [0.3, 0.4) is 0 Å². The number of ether oxygens (including phenoxy) is 1. The van der Waals surface area contributed by atoms with Gasteiger partial charge in [-0.2, -0.15) is 0 Å². The summed E-state index contributed by atoms with van der Waals surface area (Å²) in [6.45, 7) is 1.35. The zero-order valence-corrected chi connectivity index (χ0v) is 13.0. The summed E-state index contributed by atoms with van der Waals surface area (Å²) in [5, 5.41) is 2.65. The minimum atomic E-state index is -1.18. The van der Waals surface area contributed by atoms with Crippen LogP contribution in [0.4, 0.5) is 4.79 Å². The summed E-state index contributed by atoms with van der Waals surface area (Å²) in [5.74, 6) is -0.107. The third-order valence-corrected chi connectivity index (χ3v) is 3.73. The summed E-state index contributed by atoms with van der Waals surface area (Å²) in [6, 6.07) is 6.29. The molecule has 1 heterocycles. The van der Waals surface area contributed by atoms with Crippen LogP contribution in [0, 0.1) is 0 Å². The molecule has 7 heteroatoms. The van der Waals surface area contributed by atoms with Crippen LogP contribution in [0.1, 0.15) is 12.5 Å². The summed E-state index contributed by atoms with van der Waals surface area (Å²) in [4.78, 5) is 38.7. The Morgan fingerprint density at radius 2 is 1.86 bits per heavy atom. The Bertz CT molecular complexity index is 612. The predicted octanol–water partition coefficient (Wildman–Crippen LogP) is 0.550. The Labute approximate surface area is 128 Å². The Kier molecular flexibility index (Phi) is 4.07. The van der Waals surface area contributed by atoms with Crippen molar-refractivity contribution in [1.82, 2.24) is 15.1 Å². The van der Waals surface area contributed by atoms with Gasteiger partial charge in [0, 0.05) is 14.1 Å². The van der Waals surface area contributed by atoms with Gasteiger partial charge in [-0.1, -0.05) is 12.1 Å². The molecule has 0 aliphatic carbocycles. The number of hydrogen-bond donors (Lipinski definition) is 1. The molecule has 1 aromatic rings. The lowest BCUT2D eigenvalue weighted by molar-refractivity contribution is -0.137. The van der Waals surface area contributed by atoms with E-state index in [0.29, 0.717) is 11.3 Å². The van der Waals surface area contributed by atoms with Gasteiger partial charge in [-0.25, -0.2) is 4.79 Å². The number of likely N-dealkylation sites (N-methyl/N-ethyl adjacent to an activating group) is 1. The van der Waals surface area contributed by atoms with E-state index in [0.717, 1.165) is 4.90 Å². The normalized spacial score (nSPS) is 20.8. The molecule has 1 N–H and O–H groups in total. The molecule has 0 saturated carbocycles. The molecule has 1 aliphatic rings. The highest BCUT2D eigenvalue weighted by Gasteiger charge is 2.49. The number of methoxy groups -OCH3 is 1. The minimum absolute atomic E-state index is 0.274. The summed E-state index contributed by atoms with van der Waals surface area (Å²) in [5.41, 5.74) is -0.554. The number of carbonyl (C=O) groups excluding carboxylic acids is 3. The monoisotopic (exact) mass is 305 g/mol. The molecule has 0 aromatic heterocycles. The molecular weight excluding hydrogens is 286 g/mol. The van der Waals surface area contributed by atoms with Gasteiger partial charge in [-0.05, 0) is 24.6 Å². The van der Waals surface area contributed by atoms with E-state index in [1.54, 1.807) is 52.4 Å². The van der Waals surface area contributed by atoms with Crippen molar-refractivity contribution in [2.24, 2.45) is 0 Å². The first kappa shape index (κ1) is 15.8. The van der Waals surface area contributed by atoms with E-state index in [9.17, 15) is 14.4 Å². The van der Waals surface area contributed by atoms with E-state index in [-0.39, 0.29) is 12.5 Å². The van der Waals surface area contributed by atoms with Crippen LogP contribution in [0.25, 0.3) is 0 Å². The highest BCUT2D eigenvalue weighted by molar-refractivity contribution is 6.09. The van der Waals surface area contributed by atoms with Crippen molar-refractivity contribution in [3.05, 3.63) is 29.8 Å². The second-order valence-corrected chi connectivity index (χ2v) is 5.46. The van der Waals surface area contributed by atoms with Gasteiger partial charge in [0.1, 0.15) is 17.8 Å². The van der Waals surface area contributed by atoms with Crippen molar-refractivity contribution >= 4 is 17.8 Å². The van der Waals surface area contributed by atoms with Gasteiger partial charge in [0.05, 0.1) is 7.11 Å². The number of benzene rings is 1. The summed E-state index contributed by atoms with van der Waals surface area (Å²) < 4.78 is 5.08. The van der Waals surface area contributed by atoms with Crippen molar-refractivity contribution in [2.45, 2.75) is 12.5 Å². The van der Waals surface area contributed by atoms with Crippen LogP contribution in [0.2, 0.25) is 0 Å². The number of amides is 4. The predicted molar refractivity (Wildman–Crippen MR) is 79.3 cm³/mol. The van der Waals surface area contributed by atoms with E-state index in [4.69, 9.17) is 4.74 Å². The molecule has 22 heavy (non-hydrogen) atoms. The highest BCUT2D eigenvalue weighted by atomic mass is 16.5. The summed E-state index contributed by atoms with van der Waals surface area (Å²) >= 11 is 0. The third-order valence-electron chi connectivity index (χ3n) is 3.73. The van der Waals surface area contributed by atoms with Crippen molar-refractivity contribution in [2.75, 3.05) is 27.7 Å². The van der Waals surface area contributed by atoms with Crippen LogP contribution in [-0.2, 0) is 15.1 Å². The first-order valence-electron chi connectivity index (χ1n) is 6.78. The Hall–Kier alpha value is -2.57. The fourth-order valence-electron chi connectivity index (χ4n) is 2.24. The molecule has 1 saturated heterocycles. The van der Waals surface area contributed by atoms with Crippen LogP contribution in [0.5, 0.6) is 5.75 Å². The van der Waals surface area contributed by atoms with E-state index in [2.05, 4.69) is 5.32 Å². The topological polar surface area (TPSA) is 79.0 Å². The molecule has 118 valence electrons. The van der Waals surface area contributed by atoms with Crippen molar-refractivity contribution in [3.8, 4) is 5.75 Å². The van der Waals surface area contributed by atoms with E-state index in [1.165, 1.54) is 4.90 Å². The molecule has 0 radical (unpaired) electrons. The second-order valence-electron chi connectivity index (χ2n) is 5.46. The zero-order valence-electron chi connectivity index (χ0n) is 13.0. The average Bonchev–Trinajstić information content (AvgIpc) is 2.71. The molecule has 4 amide bonds. The maximum Gasteiger partial charge on any atom is 0.325 e. The molecule has 1 fully saturated rings. The summed E-state index contributed by atoms with van der Waals surface area (Å²) in [7, 11) is 4.70. The molecule has 0 bridgehead atoms. The van der Waals surface area contributed by atoms with Crippen LogP contribution in [-0.4, -0.2) is 55.4 Å². The van der Waals surface area contributed by atoms with Gasteiger partial charge in [0.15, 0.2) is 0 Å². The number of rotatable bonds is 4. The van der Waals surface area contributed by atoms with E-state index >= 15 is 0 Å². The number of hydrogen-bond acceptors (Lipinski definition) is 4. The number of imide groups is 1. The summed E-state index contributed by atoms with van der Waals surface area (Å²) in [6.07, 6.45) is 0. The van der Waals surface area contributed by atoms with Gasteiger partial charge >= 0.3 is 6.03 Å². The first-order chi connectivity index (χ1) is 10.3. The Balaban J connectivity index is 2.26. The van der Waals surface area contributed by atoms with Crippen LogP contribution < -0.4 is 10.1 Å². The number of carbonyl (C=O) groups is 3. The Morgan fingerprint density at radius 3 is 2.36 bits per heavy atom. The maximum absolute atomic E-state index is 12.6. The first-order valence-corrected chi connectivity index (χ1v) is 6.78. The fourth-order valence-corrected chi connectivity index (χ4v) is 2.24. The lowest BCUT2D eigenvalue weighted by Gasteiger charge is -2.22. The molecule has 0 spiro atoms. The fraction of sp³-hybridized carbons (Fsp3) is 0.400. The molecular formula is C15H19N3O4. The van der Waals surface area contributed by atoms with E-state index in [1.807, 2.05) is 0 Å². The minimum Gasteiger partial charge on any atom is -0.497 e. The Morgan fingerprint density at radius 1 is 1.27 bits per heavy atom. The molecule has 1 aliphatic heterocycles.